The van der Waals surface area contributed by atoms with Gasteiger partial charge in [-0.05, 0) is 30.5 Å². The first-order valence-corrected chi connectivity index (χ1v) is 7.25. The fourth-order valence-corrected chi connectivity index (χ4v) is 1.97. The van der Waals surface area contributed by atoms with Gasteiger partial charge in [0, 0.05) is 24.3 Å². The van der Waals surface area contributed by atoms with Crippen LogP contribution < -0.4 is 10.6 Å². The predicted octanol–water partition coefficient (Wildman–Crippen LogP) is 4.19. The lowest BCUT2D eigenvalue weighted by atomic mass is 10.0. The molecule has 0 fully saturated rings. The Morgan fingerprint density at radius 2 is 1.89 bits per heavy atom. The van der Waals surface area contributed by atoms with Crippen LogP contribution in [0.15, 0.2) is 18.2 Å². The second-order valence-electron chi connectivity index (χ2n) is 4.99. The monoisotopic (exact) mass is 262 g/mol. The molecule has 0 saturated heterocycles. The van der Waals surface area contributed by atoms with Crippen molar-refractivity contribution in [3.63, 3.8) is 0 Å². The van der Waals surface area contributed by atoms with E-state index < -0.39 is 0 Å². The van der Waals surface area contributed by atoms with Crippen LogP contribution in [0.5, 0.6) is 0 Å². The molecule has 0 atom stereocenters. The van der Waals surface area contributed by atoms with Gasteiger partial charge in [0.1, 0.15) is 0 Å². The molecular weight excluding hydrogens is 236 g/mol. The summed E-state index contributed by atoms with van der Waals surface area (Å²) in [6.07, 6.45) is 2.88. The first kappa shape index (κ1) is 15.5. The minimum atomic E-state index is 0.0507. The fourth-order valence-electron chi connectivity index (χ4n) is 1.97. The highest BCUT2D eigenvalue weighted by Gasteiger charge is 2.06. The summed E-state index contributed by atoms with van der Waals surface area (Å²) in [5, 5.41) is 6.39. The molecule has 0 heterocycles. The third-order valence-electron chi connectivity index (χ3n) is 3.58. The van der Waals surface area contributed by atoms with Crippen molar-refractivity contribution in [2.45, 2.75) is 47.0 Å². The van der Waals surface area contributed by atoms with E-state index in [9.17, 15) is 4.79 Å². The molecule has 0 spiro atoms. The van der Waals surface area contributed by atoms with Crippen molar-refractivity contribution in [3.05, 3.63) is 23.8 Å². The zero-order valence-electron chi connectivity index (χ0n) is 12.5. The molecule has 0 bridgehead atoms. The molecule has 1 rings (SSSR count). The van der Waals surface area contributed by atoms with E-state index in [0.717, 1.165) is 17.9 Å². The highest BCUT2D eigenvalue weighted by molar-refractivity contribution is 5.91. The van der Waals surface area contributed by atoms with Gasteiger partial charge in [-0.25, -0.2) is 0 Å². The van der Waals surface area contributed by atoms with Crippen molar-refractivity contribution in [2.75, 3.05) is 17.2 Å². The molecule has 3 heteroatoms. The van der Waals surface area contributed by atoms with Crippen molar-refractivity contribution < 1.29 is 4.79 Å². The summed E-state index contributed by atoms with van der Waals surface area (Å²) in [7, 11) is 0. The van der Waals surface area contributed by atoms with Gasteiger partial charge in [-0.2, -0.15) is 0 Å². The number of hydrogen-bond donors (Lipinski definition) is 2. The van der Waals surface area contributed by atoms with Gasteiger partial charge in [-0.1, -0.05) is 39.7 Å². The minimum Gasteiger partial charge on any atom is -0.384 e. The molecule has 1 aromatic carbocycles. The van der Waals surface area contributed by atoms with E-state index in [2.05, 4.69) is 31.4 Å². The Hall–Kier alpha value is -1.51. The number of benzene rings is 1. The van der Waals surface area contributed by atoms with Crippen LogP contribution in [0.2, 0.25) is 0 Å². The van der Waals surface area contributed by atoms with E-state index in [0.29, 0.717) is 12.3 Å². The van der Waals surface area contributed by atoms with Crippen LogP contribution in [-0.4, -0.2) is 12.5 Å². The Kier molecular flexibility index (Phi) is 6.40. The first-order valence-electron chi connectivity index (χ1n) is 7.25. The van der Waals surface area contributed by atoms with Crippen LogP contribution in [-0.2, 0) is 4.79 Å². The normalized spacial score (nSPS) is 10.6. The second kappa shape index (κ2) is 7.82. The fraction of sp³-hybridized carbons (Fsp3) is 0.562. The molecule has 0 saturated carbocycles. The average Bonchev–Trinajstić information content (AvgIpc) is 2.43. The molecule has 0 aliphatic heterocycles. The van der Waals surface area contributed by atoms with Gasteiger partial charge in [0.15, 0.2) is 0 Å². The Bertz CT molecular complexity index is 411. The van der Waals surface area contributed by atoms with Gasteiger partial charge in [0.25, 0.3) is 0 Å². The lowest BCUT2D eigenvalue weighted by Crippen LogP contribution is -2.14. The van der Waals surface area contributed by atoms with Crippen LogP contribution in [0.4, 0.5) is 11.4 Å². The largest absolute Gasteiger partial charge is 0.384 e. The third kappa shape index (κ3) is 4.93. The summed E-state index contributed by atoms with van der Waals surface area (Å²) in [4.78, 5) is 11.4. The molecule has 0 aromatic heterocycles. The summed E-state index contributed by atoms with van der Waals surface area (Å²) in [5.74, 6) is 0.753. The van der Waals surface area contributed by atoms with Crippen LogP contribution in [0.3, 0.4) is 0 Å². The highest BCUT2D eigenvalue weighted by atomic mass is 16.1. The SMILES string of the molecule is CCC(=O)Nc1ccc(C)c(NCC(CC)CC)c1. The summed E-state index contributed by atoms with van der Waals surface area (Å²) in [5.41, 5.74) is 3.19. The molecule has 1 aromatic rings. The lowest BCUT2D eigenvalue weighted by molar-refractivity contribution is -0.115. The van der Waals surface area contributed by atoms with Crippen LogP contribution in [0, 0.1) is 12.8 Å². The number of carbonyl (C=O) groups is 1. The van der Waals surface area contributed by atoms with E-state index in [1.54, 1.807) is 0 Å². The number of amides is 1. The third-order valence-corrected chi connectivity index (χ3v) is 3.58. The highest BCUT2D eigenvalue weighted by Crippen LogP contribution is 2.21. The summed E-state index contributed by atoms with van der Waals surface area (Å²) < 4.78 is 0. The molecule has 2 N–H and O–H groups in total. The Morgan fingerprint density at radius 3 is 2.47 bits per heavy atom. The number of anilines is 2. The Morgan fingerprint density at radius 1 is 1.21 bits per heavy atom. The average molecular weight is 262 g/mol. The number of rotatable bonds is 7. The van der Waals surface area contributed by atoms with Crippen LogP contribution in [0.25, 0.3) is 0 Å². The molecular formula is C16H26N2O. The van der Waals surface area contributed by atoms with E-state index in [-0.39, 0.29) is 5.91 Å². The van der Waals surface area contributed by atoms with E-state index >= 15 is 0 Å². The second-order valence-corrected chi connectivity index (χ2v) is 4.99. The van der Waals surface area contributed by atoms with Gasteiger partial charge in [0.05, 0.1) is 0 Å². The molecule has 19 heavy (non-hydrogen) atoms. The minimum absolute atomic E-state index is 0.0507. The number of hydrogen-bond acceptors (Lipinski definition) is 2. The number of nitrogens with one attached hydrogen (secondary N) is 2. The maximum atomic E-state index is 11.4. The van der Waals surface area contributed by atoms with Crippen molar-refractivity contribution in [1.29, 1.82) is 0 Å². The molecule has 0 aliphatic carbocycles. The maximum Gasteiger partial charge on any atom is 0.224 e. The molecule has 106 valence electrons. The van der Waals surface area contributed by atoms with Gasteiger partial charge < -0.3 is 10.6 Å². The summed E-state index contributed by atoms with van der Waals surface area (Å²) >= 11 is 0. The van der Waals surface area contributed by atoms with Crippen LogP contribution in [0.1, 0.15) is 45.6 Å². The molecule has 0 aliphatic rings. The first-order chi connectivity index (χ1) is 9.10. The van der Waals surface area contributed by atoms with Gasteiger partial charge in [0.2, 0.25) is 5.91 Å². The quantitative estimate of drug-likeness (QED) is 0.773. The topological polar surface area (TPSA) is 41.1 Å². The van der Waals surface area contributed by atoms with Gasteiger partial charge >= 0.3 is 0 Å². The smallest absolute Gasteiger partial charge is 0.224 e. The predicted molar refractivity (Wildman–Crippen MR) is 82.7 cm³/mol. The van der Waals surface area contributed by atoms with Crippen molar-refractivity contribution in [3.8, 4) is 0 Å². The molecule has 0 unspecified atom stereocenters. The van der Waals surface area contributed by atoms with Crippen molar-refractivity contribution in [2.24, 2.45) is 5.92 Å². The Labute approximate surface area is 116 Å². The van der Waals surface area contributed by atoms with Crippen molar-refractivity contribution >= 4 is 17.3 Å². The van der Waals surface area contributed by atoms with Crippen molar-refractivity contribution in [1.82, 2.24) is 0 Å². The van der Waals surface area contributed by atoms with Gasteiger partial charge in [-0.15, -0.1) is 0 Å². The van der Waals surface area contributed by atoms with E-state index in [1.165, 1.54) is 18.4 Å². The van der Waals surface area contributed by atoms with E-state index in [1.807, 2.05) is 25.1 Å². The lowest BCUT2D eigenvalue weighted by Gasteiger charge is -2.17. The molecule has 1 amide bonds. The van der Waals surface area contributed by atoms with Crippen LogP contribution >= 0.6 is 0 Å². The zero-order valence-corrected chi connectivity index (χ0v) is 12.5. The Balaban J connectivity index is 2.71. The molecule has 0 radical (unpaired) electrons. The standard InChI is InChI=1S/C16H26N2O/c1-5-13(6-2)11-17-15-10-14(9-8-12(15)4)18-16(19)7-3/h8-10,13,17H,5-7,11H2,1-4H3,(H,18,19). The number of carbonyl (C=O) groups excluding carboxylic acids is 1. The zero-order chi connectivity index (χ0) is 14.3. The maximum absolute atomic E-state index is 11.4. The summed E-state index contributed by atoms with van der Waals surface area (Å²) in [6.45, 7) is 9.37. The van der Waals surface area contributed by atoms with Gasteiger partial charge in [-0.3, -0.25) is 4.79 Å². The number of aryl methyl sites for hydroxylation is 1. The molecule has 3 nitrogen and oxygen atoms in total. The summed E-state index contributed by atoms with van der Waals surface area (Å²) in [6, 6.07) is 6.01. The van der Waals surface area contributed by atoms with E-state index in [4.69, 9.17) is 0 Å².